The van der Waals surface area contributed by atoms with Crippen molar-refractivity contribution in [3.63, 3.8) is 0 Å². The predicted octanol–water partition coefficient (Wildman–Crippen LogP) is 3.30. The maximum absolute atomic E-state index is 12.6. The van der Waals surface area contributed by atoms with E-state index < -0.39 is 4.92 Å². The quantitative estimate of drug-likeness (QED) is 0.261. The molecule has 2 fully saturated rings. The fourth-order valence-corrected chi connectivity index (χ4v) is 4.65. The lowest BCUT2D eigenvalue weighted by atomic mass is 9.85. The van der Waals surface area contributed by atoms with Crippen LogP contribution in [0.4, 0.5) is 5.69 Å². The number of nitrogens with zero attached hydrogens (tertiary/aromatic N) is 3. The molecule has 1 saturated heterocycles. The Labute approximate surface area is 165 Å². The van der Waals surface area contributed by atoms with Gasteiger partial charge in [0.05, 0.1) is 23.0 Å². The van der Waals surface area contributed by atoms with Crippen LogP contribution in [0, 0.1) is 40.7 Å². The molecule has 146 valence electrons. The molecule has 3 aliphatic rings. The summed E-state index contributed by atoms with van der Waals surface area (Å²) in [4.78, 5) is 36.0. The SMILES string of the molecule is Cc1ccc(-c2ccc(/C=N\N3C(=O)[C@@H]4[C@@H](C3=O)[C@H]3C=C[C@@H]4C3)o2)cc1[N+](=O)[O-]. The molecular formula is C21H17N3O5. The van der Waals surface area contributed by atoms with Crippen LogP contribution >= 0.6 is 0 Å². The van der Waals surface area contributed by atoms with Crippen molar-refractivity contribution in [3.05, 3.63) is 63.9 Å². The van der Waals surface area contributed by atoms with E-state index in [1.165, 1.54) is 12.3 Å². The zero-order valence-corrected chi connectivity index (χ0v) is 15.5. The topological polar surface area (TPSA) is 106 Å². The summed E-state index contributed by atoms with van der Waals surface area (Å²) in [5, 5.41) is 16.2. The zero-order chi connectivity index (χ0) is 20.3. The molecule has 0 unspecified atom stereocenters. The van der Waals surface area contributed by atoms with Gasteiger partial charge in [-0.1, -0.05) is 24.3 Å². The maximum Gasteiger partial charge on any atom is 0.273 e. The molecule has 0 radical (unpaired) electrons. The number of aryl methyl sites for hydroxylation is 1. The van der Waals surface area contributed by atoms with Gasteiger partial charge in [-0.25, -0.2) is 0 Å². The molecule has 0 N–H and O–H groups in total. The number of rotatable bonds is 4. The Morgan fingerprint density at radius 3 is 2.48 bits per heavy atom. The highest BCUT2D eigenvalue weighted by molar-refractivity contribution is 6.06. The third-order valence-corrected chi connectivity index (χ3v) is 6.06. The highest BCUT2D eigenvalue weighted by Crippen LogP contribution is 2.52. The first-order valence-corrected chi connectivity index (χ1v) is 9.39. The molecule has 2 amide bonds. The van der Waals surface area contributed by atoms with Gasteiger partial charge in [0.15, 0.2) is 0 Å². The van der Waals surface area contributed by atoms with Crippen LogP contribution < -0.4 is 0 Å². The second kappa shape index (κ2) is 6.23. The minimum absolute atomic E-state index is 0.0113. The van der Waals surface area contributed by atoms with E-state index in [0.717, 1.165) is 11.4 Å². The molecule has 2 aromatic rings. The highest BCUT2D eigenvalue weighted by Gasteiger charge is 2.59. The number of fused-ring (bicyclic) bond motifs is 5. The van der Waals surface area contributed by atoms with E-state index in [1.54, 1.807) is 31.2 Å². The number of furan rings is 1. The minimum Gasteiger partial charge on any atom is -0.455 e. The fourth-order valence-electron chi connectivity index (χ4n) is 4.65. The van der Waals surface area contributed by atoms with Crippen molar-refractivity contribution in [1.29, 1.82) is 0 Å². The molecule has 29 heavy (non-hydrogen) atoms. The maximum atomic E-state index is 12.6. The van der Waals surface area contributed by atoms with Crippen LogP contribution in [0.2, 0.25) is 0 Å². The molecule has 2 bridgehead atoms. The molecular weight excluding hydrogens is 374 g/mol. The van der Waals surface area contributed by atoms with E-state index in [9.17, 15) is 19.7 Å². The Morgan fingerprint density at radius 2 is 1.83 bits per heavy atom. The number of hydrogen-bond donors (Lipinski definition) is 0. The van der Waals surface area contributed by atoms with Crippen molar-refractivity contribution < 1.29 is 18.9 Å². The number of amides is 2. The summed E-state index contributed by atoms with van der Waals surface area (Å²) in [6.07, 6.45) is 6.26. The summed E-state index contributed by atoms with van der Waals surface area (Å²) in [7, 11) is 0. The molecule has 8 nitrogen and oxygen atoms in total. The average Bonchev–Trinajstić information content (AvgIpc) is 3.46. The van der Waals surface area contributed by atoms with Gasteiger partial charge < -0.3 is 4.42 Å². The van der Waals surface area contributed by atoms with Gasteiger partial charge in [-0.2, -0.15) is 10.1 Å². The summed E-state index contributed by atoms with van der Waals surface area (Å²) in [6, 6.07) is 8.16. The van der Waals surface area contributed by atoms with Crippen molar-refractivity contribution >= 4 is 23.7 Å². The molecule has 1 saturated carbocycles. The average molecular weight is 391 g/mol. The molecule has 8 heteroatoms. The van der Waals surface area contributed by atoms with E-state index in [1.807, 2.05) is 12.2 Å². The first-order chi connectivity index (χ1) is 13.9. The Hall–Kier alpha value is -3.55. The van der Waals surface area contributed by atoms with Gasteiger partial charge in [-0.3, -0.25) is 19.7 Å². The third-order valence-electron chi connectivity index (χ3n) is 6.06. The molecule has 2 heterocycles. The second-order valence-electron chi connectivity index (χ2n) is 7.69. The molecule has 1 aromatic carbocycles. The number of benzene rings is 1. The van der Waals surface area contributed by atoms with Crippen molar-refractivity contribution in [2.24, 2.45) is 28.8 Å². The van der Waals surface area contributed by atoms with E-state index in [2.05, 4.69) is 5.10 Å². The Kier molecular flexibility index (Phi) is 3.77. The smallest absolute Gasteiger partial charge is 0.273 e. The largest absolute Gasteiger partial charge is 0.455 e. The third kappa shape index (κ3) is 2.63. The van der Waals surface area contributed by atoms with Crippen molar-refractivity contribution in [3.8, 4) is 11.3 Å². The van der Waals surface area contributed by atoms with Crippen LogP contribution in [0.25, 0.3) is 11.3 Å². The van der Waals surface area contributed by atoms with Gasteiger partial charge in [-0.05, 0) is 37.3 Å². The number of imide groups is 1. The minimum atomic E-state index is -0.437. The second-order valence-corrected chi connectivity index (χ2v) is 7.69. The summed E-state index contributed by atoms with van der Waals surface area (Å²) in [5.74, 6) is -0.0500. The van der Waals surface area contributed by atoms with Crippen LogP contribution in [0.3, 0.4) is 0 Å². The van der Waals surface area contributed by atoms with E-state index >= 15 is 0 Å². The lowest BCUT2D eigenvalue weighted by Crippen LogP contribution is -2.28. The molecule has 0 spiro atoms. The lowest BCUT2D eigenvalue weighted by Gasteiger charge is -2.13. The van der Waals surface area contributed by atoms with Crippen molar-refractivity contribution in [1.82, 2.24) is 5.01 Å². The van der Waals surface area contributed by atoms with Gasteiger partial charge in [0.1, 0.15) is 11.5 Å². The van der Waals surface area contributed by atoms with Crippen LogP contribution in [-0.4, -0.2) is 28.0 Å². The molecule has 5 rings (SSSR count). The number of carbonyl (C=O) groups is 2. The fraction of sp³-hybridized carbons (Fsp3) is 0.286. The van der Waals surface area contributed by atoms with Gasteiger partial charge in [0.2, 0.25) is 0 Å². The Balaban J connectivity index is 1.37. The van der Waals surface area contributed by atoms with E-state index in [0.29, 0.717) is 22.6 Å². The number of nitro groups is 1. The highest BCUT2D eigenvalue weighted by atomic mass is 16.6. The van der Waals surface area contributed by atoms with Gasteiger partial charge in [0.25, 0.3) is 17.5 Å². The van der Waals surface area contributed by atoms with Gasteiger partial charge in [0, 0.05) is 17.2 Å². The van der Waals surface area contributed by atoms with Crippen LogP contribution in [0.15, 0.2) is 52.0 Å². The summed E-state index contributed by atoms with van der Waals surface area (Å²) >= 11 is 0. The van der Waals surface area contributed by atoms with Gasteiger partial charge in [-0.15, -0.1) is 0 Å². The number of hydrazone groups is 1. The van der Waals surface area contributed by atoms with Crippen LogP contribution in [-0.2, 0) is 9.59 Å². The normalized spacial score (nSPS) is 27.4. The number of hydrogen-bond acceptors (Lipinski definition) is 6. The summed E-state index contributed by atoms with van der Waals surface area (Å²) in [6.45, 7) is 1.67. The van der Waals surface area contributed by atoms with E-state index in [-0.39, 0.29) is 41.2 Å². The molecule has 4 atom stereocenters. The predicted molar refractivity (Wildman–Crippen MR) is 103 cm³/mol. The number of carbonyl (C=O) groups excluding carboxylic acids is 2. The monoisotopic (exact) mass is 391 g/mol. The van der Waals surface area contributed by atoms with E-state index in [4.69, 9.17) is 4.42 Å². The van der Waals surface area contributed by atoms with Crippen molar-refractivity contribution in [2.75, 3.05) is 0 Å². The summed E-state index contributed by atoms with van der Waals surface area (Å²) < 4.78 is 5.69. The van der Waals surface area contributed by atoms with Crippen LogP contribution in [0.5, 0.6) is 0 Å². The zero-order valence-electron chi connectivity index (χ0n) is 15.5. The first kappa shape index (κ1) is 17.5. The standard InChI is InChI=1S/C21H17N3O5/c1-11-2-3-12(9-16(11)24(27)28)17-7-6-15(29-17)10-22-23-20(25)18-13-4-5-14(8-13)19(18)21(23)26/h2-7,9-10,13-14,18-19H,8H2,1H3/b22-10-/t13-,14+,18-,19-/m0/s1. The molecule has 2 aliphatic carbocycles. The lowest BCUT2D eigenvalue weighted by molar-refractivity contribution is -0.385. The first-order valence-electron chi connectivity index (χ1n) is 9.39. The van der Waals surface area contributed by atoms with Gasteiger partial charge >= 0.3 is 0 Å². The van der Waals surface area contributed by atoms with Crippen molar-refractivity contribution in [2.45, 2.75) is 13.3 Å². The number of allylic oxidation sites excluding steroid dienone is 2. The Morgan fingerprint density at radius 1 is 1.14 bits per heavy atom. The number of nitro benzene ring substituents is 1. The molecule has 1 aromatic heterocycles. The summed E-state index contributed by atoms with van der Waals surface area (Å²) in [5.41, 5.74) is 1.14. The Bertz CT molecular complexity index is 1090. The van der Waals surface area contributed by atoms with Crippen LogP contribution in [0.1, 0.15) is 17.7 Å². The molecule has 1 aliphatic heterocycles.